The van der Waals surface area contributed by atoms with E-state index in [-0.39, 0.29) is 10.7 Å². The molecule has 0 saturated heterocycles. The molecule has 0 spiro atoms. The highest BCUT2D eigenvalue weighted by atomic mass is 35.5. The lowest BCUT2D eigenvalue weighted by atomic mass is 10.2. The van der Waals surface area contributed by atoms with Crippen LogP contribution in [0.15, 0.2) is 12.3 Å². The van der Waals surface area contributed by atoms with Gasteiger partial charge in [-0.05, 0) is 12.0 Å². The van der Waals surface area contributed by atoms with Gasteiger partial charge in [0, 0.05) is 6.54 Å². The molecule has 5 heteroatoms. The predicted octanol–water partition coefficient (Wildman–Crippen LogP) is 2.26. The minimum Gasteiger partial charge on any atom is -0.352 e. The number of amides is 1. The fourth-order valence-corrected chi connectivity index (χ4v) is 1.16. The molecular weight excluding hydrogens is 219 g/mol. The lowest BCUT2D eigenvalue weighted by Gasteiger charge is -2.08. The van der Waals surface area contributed by atoms with Crippen LogP contribution in [-0.2, 0) is 0 Å². The van der Waals surface area contributed by atoms with Crippen molar-refractivity contribution in [1.29, 1.82) is 0 Å². The Kier molecular flexibility index (Phi) is 4.03. The van der Waals surface area contributed by atoms with Gasteiger partial charge in [0.25, 0.3) is 5.91 Å². The van der Waals surface area contributed by atoms with Gasteiger partial charge in [0.05, 0.1) is 11.8 Å². The van der Waals surface area contributed by atoms with E-state index in [2.05, 4.69) is 10.3 Å². The van der Waals surface area contributed by atoms with Gasteiger partial charge in [-0.3, -0.25) is 4.79 Å². The molecule has 1 heterocycles. The number of aromatic nitrogens is 1. The molecule has 1 amide bonds. The molecule has 1 rings (SSSR count). The molecule has 1 aromatic heterocycles. The normalized spacial score (nSPS) is 10.5. The second-order valence-corrected chi connectivity index (χ2v) is 3.95. The number of pyridine rings is 1. The Morgan fingerprint density at radius 2 is 2.33 bits per heavy atom. The summed E-state index contributed by atoms with van der Waals surface area (Å²) in [5.74, 6) is -0.649. The summed E-state index contributed by atoms with van der Waals surface area (Å²) in [5, 5.41) is 2.65. The van der Waals surface area contributed by atoms with Crippen molar-refractivity contribution in [3.8, 4) is 0 Å². The van der Waals surface area contributed by atoms with E-state index in [0.717, 1.165) is 12.3 Å². The highest BCUT2D eigenvalue weighted by Gasteiger charge is 2.12. The number of nitrogens with one attached hydrogen (secondary N) is 1. The fourth-order valence-electron chi connectivity index (χ4n) is 0.974. The first-order valence-electron chi connectivity index (χ1n) is 4.60. The summed E-state index contributed by atoms with van der Waals surface area (Å²) in [4.78, 5) is 15.1. The summed E-state index contributed by atoms with van der Waals surface area (Å²) in [6, 6.07) is 1.07. The number of hydrogen-bond donors (Lipinski definition) is 1. The van der Waals surface area contributed by atoms with E-state index in [1.807, 2.05) is 13.8 Å². The third-order valence-corrected chi connectivity index (χ3v) is 2.02. The van der Waals surface area contributed by atoms with Crippen LogP contribution in [0.2, 0.25) is 5.15 Å². The molecule has 0 unspecified atom stereocenters. The standard InChI is InChI=1S/C10H12ClFN2O/c1-6(2)4-14-10(15)8-3-7(12)5-13-9(8)11/h3,5-6H,4H2,1-2H3,(H,14,15). The number of carbonyl (C=O) groups is 1. The zero-order chi connectivity index (χ0) is 11.4. The molecule has 0 saturated carbocycles. The van der Waals surface area contributed by atoms with Crippen molar-refractivity contribution in [3.05, 3.63) is 28.8 Å². The van der Waals surface area contributed by atoms with E-state index in [1.165, 1.54) is 0 Å². The average molecular weight is 231 g/mol. The monoisotopic (exact) mass is 230 g/mol. The topological polar surface area (TPSA) is 42.0 Å². The Morgan fingerprint density at radius 3 is 2.93 bits per heavy atom. The van der Waals surface area contributed by atoms with Crippen molar-refractivity contribution < 1.29 is 9.18 Å². The van der Waals surface area contributed by atoms with Gasteiger partial charge < -0.3 is 5.32 Å². The van der Waals surface area contributed by atoms with Gasteiger partial charge in [-0.15, -0.1) is 0 Å². The molecule has 1 N–H and O–H groups in total. The first-order chi connectivity index (χ1) is 7.00. The number of halogens is 2. The van der Waals surface area contributed by atoms with Crippen molar-refractivity contribution in [2.24, 2.45) is 5.92 Å². The first-order valence-corrected chi connectivity index (χ1v) is 4.97. The molecule has 0 aliphatic rings. The molecule has 0 atom stereocenters. The summed E-state index contributed by atoms with van der Waals surface area (Å²) >= 11 is 5.67. The Balaban J connectivity index is 2.77. The lowest BCUT2D eigenvalue weighted by molar-refractivity contribution is 0.0948. The van der Waals surface area contributed by atoms with Gasteiger partial charge in [0.15, 0.2) is 0 Å². The molecule has 0 aliphatic heterocycles. The first kappa shape index (κ1) is 11.9. The fraction of sp³-hybridized carbons (Fsp3) is 0.400. The molecule has 0 radical (unpaired) electrons. The third kappa shape index (κ3) is 3.47. The van der Waals surface area contributed by atoms with Crippen LogP contribution in [0.4, 0.5) is 4.39 Å². The van der Waals surface area contributed by atoms with E-state index in [0.29, 0.717) is 12.5 Å². The second kappa shape index (κ2) is 5.07. The number of carbonyl (C=O) groups excluding carboxylic acids is 1. The van der Waals surface area contributed by atoms with E-state index in [9.17, 15) is 9.18 Å². The highest BCUT2D eigenvalue weighted by molar-refractivity contribution is 6.32. The summed E-state index contributed by atoms with van der Waals surface area (Å²) in [7, 11) is 0. The molecule has 15 heavy (non-hydrogen) atoms. The predicted molar refractivity (Wildman–Crippen MR) is 56.4 cm³/mol. The molecule has 0 bridgehead atoms. The Bertz CT molecular complexity index is 368. The maximum atomic E-state index is 12.8. The van der Waals surface area contributed by atoms with Crippen LogP contribution < -0.4 is 5.32 Å². The average Bonchev–Trinajstić information content (AvgIpc) is 2.18. The maximum absolute atomic E-state index is 12.8. The lowest BCUT2D eigenvalue weighted by Crippen LogP contribution is -2.27. The zero-order valence-electron chi connectivity index (χ0n) is 8.55. The second-order valence-electron chi connectivity index (χ2n) is 3.60. The summed E-state index contributed by atoms with van der Waals surface area (Å²) < 4.78 is 12.8. The van der Waals surface area contributed by atoms with Gasteiger partial charge in [0.2, 0.25) is 0 Å². The SMILES string of the molecule is CC(C)CNC(=O)c1cc(F)cnc1Cl. The van der Waals surface area contributed by atoms with Crippen LogP contribution >= 0.6 is 11.6 Å². The largest absolute Gasteiger partial charge is 0.352 e. The third-order valence-electron chi connectivity index (χ3n) is 1.72. The zero-order valence-corrected chi connectivity index (χ0v) is 9.31. The van der Waals surface area contributed by atoms with Crippen molar-refractivity contribution in [1.82, 2.24) is 10.3 Å². The minimum absolute atomic E-state index is 0.0117. The van der Waals surface area contributed by atoms with Crippen LogP contribution in [0.1, 0.15) is 24.2 Å². The number of hydrogen-bond acceptors (Lipinski definition) is 2. The molecule has 3 nitrogen and oxygen atoms in total. The van der Waals surface area contributed by atoms with E-state index in [4.69, 9.17) is 11.6 Å². The van der Waals surface area contributed by atoms with E-state index >= 15 is 0 Å². The van der Waals surface area contributed by atoms with Gasteiger partial charge in [-0.25, -0.2) is 9.37 Å². The highest BCUT2D eigenvalue weighted by Crippen LogP contribution is 2.13. The van der Waals surface area contributed by atoms with Gasteiger partial charge >= 0.3 is 0 Å². The molecule has 82 valence electrons. The summed E-state index contributed by atoms with van der Waals surface area (Å²) in [5.41, 5.74) is 0.0670. The van der Waals surface area contributed by atoms with Crippen molar-refractivity contribution in [3.63, 3.8) is 0 Å². The van der Waals surface area contributed by atoms with Crippen molar-refractivity contribution in [2.45, 2.75) is 13.8 Å². The minimum atomic E-state index is -0.575. The quantitative estimate of drug-likeness (QED) is 0.810. The van der Waals surface area contributed by atoms with Crippen molar-refractivity contribution >= 4 is 17.5 Å². The molecule has 0 fully saturated rings. The van der Waals surface area contributed by atoms with Crippen LogP contribution in [0.5, 0.6) is 0 Å². The van der Waals surface area contributed by atoms with Gasteiger partial charge in [0.1, 0.15) is 11.0 Å². The molecule has 0 aromatic carbocycles. The molecular formula is C10H12ClFN2O. The summed E-state index contributed by atoms with van der Waals surface area (Å²) in [6.07, 6.45) is 0.974. The van der Waals surface area contributed by atoms with Crippen molar-refractivity contribution in [2.75, 3.05) is 6.54 Å². The van der Waals surface area contributed by atoms with Crippen LogP contribution in [-0.4, -0.2) is 17.4 Å². The van der Waals surface area contributed by atoms with Crippen LogP contribution in [0, 0.1) is 11.7 Å². The summed E-state index contributed by atoms with van der Waals surface area (Å²) in [6.45, 7) is 4.45. The Morgan fingerprint density at radius 1 is 1.67 bits per heavy atom. The smallest absolute Gasteiger partial charge is 0.254 e. The molecule has 1 aromatic rings. The van der Waals surface area contributed by atoms with Gasteiger partial charge in [-0.1, -0.05) is 25.4 Å². The van der Waals surface area contributed by atoms with Crippen LogP contribution in [0.3, 0.4) is 0 Å². The Labute approximate surface area is 92.7 Å². The van der Waals surface area contributed by atoms with E-state index in [1.54, 1.807) is 0 Å². The number of nitrogens with zero attached hydrogens (tertiary/aromatic N) is 1. The van der Waals surface area contributed by atoms with Gasteiger partial charge in [-0.2, -0.15) is 0 Å². The van der Waals surface area contributed by atoms with E-state index < -0.39 is 11.7 Å². The number of rotatable bonds is 3. The Hall–Kier alpha value is -1.16. The maximum Gasteiger partial charge on any atom is 0.254 e. The van der Waals surface area contributed by atoms with Crippen LogP contribution in [0.25, 0.3) is 0 Å². The molecule has 0 aliphatic carbocycles.